The van der Waals surface area contributed by atoms with Crippen molar-refractivity contribution in [1.29, 1.82) is 0 Å². The third-order valence-electron chi connectivity index (χ3n) is 15.4. The van der Waals surface area contributed by atoms with Crippen LogP contribution in [0.2, 0.25) is 0 Å². The quantitative estimate of drug-likeness (QED) is 0.176. The summed E-state index contributed by atoms with van der Waals surface area (Å²) in [5, 5.41) is 2.62. The molecule has 0 fully saturated rings. The van der Waals surface area contributed by atoms with E-state index in [0.29, 0.717) is 5.82 Å². The van der Waals surface area contributed by atoms with Gasteiger partial charge in [-0.2, -0.15) is 0 Å². The van der Waals surface area contributed by atoms with Crippen molar-refractivity contribution in [3.63, 3.8) is 0 Å². The van der Waals surface area contributed by atoms with Crippen LogP contribution >= 0.6 is 11.3 Å². The van der Waals surface area contributed by atoms with Crippen LogP contribution in [0.15, 0.2) is 243 Å². The van der Waals surface area contributed by atoms with Gasteiger partial charge >= 0.3 is 0 Å². The Balaban J connectivity index is 1.01. The summed E-state index contributed by atoms with van der Waals surface area (Å²) in [7, 11) is 0. The van der Waals surface area contributed by atoms with Crippen LogP contribution in [-0.2, 0) is 10.8 Å². The van der Waals surface area contributed by atoms with Gasteiger partial charge in [0.2, 0.25) is 0 Å². The summed E-state index contributed by atoms with van der Waals surface area (Å²) in [6, 6.07) is 90.0. The van der Waals surface area contributed by atoms with Gasteiger partial charge in [0.25, 0.3) is 0 Å². The Morgan fingerprint density at radius 1 is 0.290 bits per heavy atom. The first-order valence-corrected chi connectivity index (χ1v) is 24.6. The molecule has 0 aliphatic heterocycles. The molecular formula is C66H40N2S. The van der Waals surface area contributed by atoms with E-state index in [9.17, 15) is 0 Å². The van der Waals surface area contributed by atoms with E-state index in [1.807, 2.05) is 35.6 Å². The van der Waals surface area contributed by atoms with Gasteiger partial charge in [-0.05, 0) is 90.0 Å². The van der Waals surface area contributed by atoms with Crippen molar-refractivity contribution in [2.24, 2.45) is 0 Å². The number of fused-ring (bicyclic) bond motifs is 20. The highest BCUT2D eigenvalue weighted by Crippen LogP contribution is 2.69. The number of hydrogen-bond acceptors (Lipinski definition) is 3. The Morgan fingerprint density at radius 3 is 1.39 bits per heavy atom. The third-order valence-corrected chi connectivity index (χ3v) is 16.6. The van der Waals surface area contributed by atoms with Crippen molar-refractivity contribution >= 4 is 31.5 Å². The molecule has 0 radical (unpaired) electrons. The first-order valence-electron chi connectivity index (χ1n) is 23.8. The number of hydrogen-bond donors (Lipinski definition) is 0. The number of nitrogens with zero attached hydrogens (tertiary/aromatic N) is 2. The van der Waals surface area contributed by atoms with Crippen molar-refractivity contribution < 1.29 is 0 Å². The molecule has 3 heteroatoms. The summed E-state index contributed by atoms with van der Waals surface area (Å²) in [4.78, 5) is 10.3. The van der Waals surface area contributed by atoms with Gasteiger partial charge in [-0.15, -0.1) is 11.3 Å². The molecule has 0 bridgehead atoms. The number of benzene rings is 10. The number of rotatable bonds is 4. The third kappa shape index (κ3) is 5.15. The normalized spacial score (nSPS) is 14.0. The van der Waals surface area contributed by atoms with Crippen LogP contribution in [0, 0.1) is 0 Å². The molecule has 3 aliphatic rings. The molecule has 3 aliphatic carbocycles. The zero-order valence-corrected chi connectivity index (χ0v) is 38.2. The van der Waals surface area contributed by atoms with Gasteiger partial charge in [0.05, 0.1) is 22.2 Å². The second kappa shape index (κ2) is 14.5. The van der Waals surface area contributed by atoms with Gasteiger partial charge in [-0.1, -0.05) is 231 Å². The van der Waals surface area contributed by atoms with Gasteiger partial charge in [-0.3, -0.25) is 0 Å². The maximum atomic E-state index is 5.21. The van der Waals surface area contributed by atoms with E-state index >= 15 is 0 Å². The minimum Gasteiger partial charge on any atom is -0.228 e. The second-order valence-electron chi connectivity index (χ2n) is 18.6. The van der Waals surface area contributed by atoms with E-state index in [4.69, 9.17) is 9.97 Å². The summed E-state index contributed by atoms with van der Waals surface area (Å²) in [6.45, 7) is 0. The summed E-state index contributed by atoms with van der Waals surface area (Å²) >= 11 is 1.94. The van der Waals surface area contributed by atoms with Crippen LogP contribution in [0.1, 0.15) is 44.5 Å². The zero-order valence-electron chi connectivity index (χ0n) is 37.4. The molecule has 0 atom stereocenters. The fourth-order valence-corrected chi connectivity index (χ4v) is 14.0. The van der Waals surface area contributed by atoms with Gasteiger partial charge in [0.15, 0.2) is 5.82 Å². The highest BCUT2D eigenvalue weighted by atomic mass is 32.1. The smallest absolute Gasteiger partial charge is 0.160 e. The number of thiophene rings is 1. The van der Waals surface area contributed by atoms with Crippen molar-refractivity contribution in [3.8, 4) is 67.3 Å². The fourth-order valence-electron chi connectivity index (χ4n) is 12.7. The van der Waals surface area contributed by atoms with Crippen molar-refractivity contribution in [2.45, 2.75) is 10.8 Å². The minimum atomic E-state index is -0.660. The maximum Gasteiger partial charge on any atom is 0.160 e. The molecule has 2 heterocycles. The Bertz CT molecular complexity index is 3920. The lowest BCUT2D eigenvalue weighted by Crippen LogP contribution is -2.44. The van der Waals surface area contributed by atoms with Gasteiger partial charge in [0, 0.05) is 36.9 Å². The minimum absolute atomic E-state index is 0.520. The zero-order chi connectivity index (χ0) is 45.3. The van der Waals surface area contributed by atoms with E-state index in [0.717, 1.165) is 28.1 Å². The molecule has 0 saturated carbocycles. The maximum absolute atomic E-state index is 5.21. The monoisotopic (exact) mass is 892 g/mol. The van der Waals surface area contributed by atoms with Crippen LogP contribution in [0.25, 0.3) is 87.5 Å². The Labute approximate surface area is 404 Å². The van der Waals surface area contributed by atoms with Crippen molar-refractivity contribution in [1.82, 2.24) is 9.97 Å². The predicted molar refractivity (Wildman–Crippen MR) is 285 cm³/mol. The molecule has 15 rings (SSSR count). The van der Waals surface area contributed by atoms with Crippen LogP contribution in [0.5, 0.6) is 0 Å². The summed E-state index contributed by atoms with van der Waals surface area (Å²) in [5.41, 5.74) is 22.1. The molecule has 0 saturated heterocycles. The summed E-state index contributed by atoms with van der Waals surface area (Å²) < 4.78 is 2.66. The Kier molecular flexibility index (Phi) is 8.11. The number of aromatic nitrogens is 2. The van der Waals surface area contributed by atoms with Crippen molar-refractivity contribution in [3.05, 3.63) is 287 Å². The Morgan fingerprint density at radius 2 is 0.754 bits per heavy atom. The predicted octanol–water partition coefficient (Wildman–Crippen LogP) is 16.6. The lowest BCUT2D eigenvalue weighted by atomic mass is 9.52. The van der Waals surface area contributed by atoms with Gasteiger partial charge < -0.3 is 0 Å². The molecule has 0 N–H and O–H groups in total. The molecule has 0 amide bonds. The highest BCUT2D eigenvalue weighted by molar-refractivity contribution is 7.26. The largest absolute Gasteiger partial charge is 0.228 e. The lowest BCUT2D eigenvalue weighted by molar-refractivity contribution is 0.636. The summed E-state index contributed by atoms with van der Waals surface area (Å²) in [6.07, 6.45) is 0. The highest BCUT2D eigenvalue weighted by Gasteiger charge is 2.60. The average molecular weight is 893 g/mol. The van der Waals surface area contributed by atoms with E-state index in [2.05, 4.69) is 218 Å². The van der Waals surface area contributed by atoms with Gasteiger partial charge in [-0.25, -0.2) is 9.97 Å². The van der Waals surface area contributed by atoms with Crippen molar-refractivity contribution in [2.75, 3.05) is 0 Å². The van der Waals surface area contributed by atoms with E-state index < -0.39 is 10.8 Å². The molecule has 2 aromatic heterocycles. The molecule has 12 aromatic rings. The van der Waals surface area contributed by atoms with Crippen LogP contribution in [0.4, 0.5) is 0 Å². The van der Waals surface area contributed by atoms with Gasteiger partial charge in [0.1, 0.15) is 0 Å². The second-order valence-corrected chi connectivity index (χ2v) is 19.7. The Hall–Kier alpha value is -8.50. The lowest BCUT2D eigenvalue weighted by Gasteiger charge is -2.49. The van der Waals surface area contributed by atoms with Crippen LogP contribution in [0.3, 0.4) is 0 Å². The fraction of sp³-hybridized carbons (Fsp3) is 0.0303. The summed E-state index contributed by atoms with van der Waals surface area (Å²) in [5.74, 6) is 0.712. The average Bonchev–Trinajstić information content (AvgIpc) is 4.06. The first kappa shape index (κ1) is 38.6. The SMILES string of the molecule is c1ccc(-c2cc(-c3ccc(-c4cccc5c4C4(c6ccccc6C6(c7ccccc7-c7ccccc76)c6ccccc64)c4c-5ccc5c4sc4ccccc45)cc3)nc(-c3ccccc3)n2)cc1. The molecule has 10 aromatic carbocycles. The molecule has 2 spiro atoms. The van der Waals surface area contributed by atoms with E-state index in [-0.39, 0.29) is 0 Å². The molecule has 2 nitrogen and oxygen atoms in total. The first-order chi connectivity index (χ1) is 34.2. The molecule has 0 unspecified atom stereocenters. The molecular weight excluding hydrogens is 853 g/mol. The van der Waals surface area contributed by atoms with Crippen LogP contribution in [-0.4, -0.2) is 9.97 Å². The molecule has 69 heavy (non-hydrogen) atoms. The van der Waals surface area contributed by atoms with E-state index in [1.165, 1.54) is 98.1 Å². The standard InChI is InChI=1S/C66H40N2S/c1-3-18-42(19-4-1)58-40-59(68-64(67-58)44-20-5-2-6-21-44)43-36-34-41(35-37-43)45-25-17-26-49-50-38-39-51-48-24-9-16-33-60(48)69-63(51)62(50)66(61(45)49)56-31-14-12-29-54(56)65(55-30-13-15-32-57(55)66)52-27-10-7-22-46(52)47-23-8-11-28-53(47)65/h1-40H. The topological polar surface area (TPSA) is 25.8 Å². The molecule has 320 valence electrons. The van der Waals surface area contributed by atoms with E-state index in [1.54, 1.807) is 0 Å². The van der Waals surface area contributed by atoms with Crippen LogP contribution < -0.4 is 0 Å².